The molecule has 1 N–H and O–H groups in total. The fourth-order valence-electron chi connectivity index (χ4n) is 1.17. The van der Waals surface area contributed by atoms with E-state index in [1.54, 1.807) is 6.20 Å². The lowest BCUT2D eigenvalue weighted by molar-refractivity contribution is 0.440. The highest BCUT2D eigenvalue weighted by molar-refractivity contribution is 9.10. The van der Waals surface area contributed by atoms with Gasteiger partial charge >= 0.3 is 0 Å². The fraction of sp³-hybridized carbons (Fsp3) is 0.300. The summed E-state index contributed by atoms with van der Waals surface area (Å²) in [7, 11) is 1.84. The van der Waals surface area contributed by atoms with Crippen LogP contribution >= 0.6 is 15.9 Å². The van der Waals surface area contributed by atoms with Crippen molar-refractivity contribution < 1.29 is 4.42 Å². The van der Waals surface area contributed by atoms with Crippen LogP contribution in [0.4, 0.5) is 0 Å². The van der Waals surface area contributed by atoms with E-state index >= 15 is 0 Å². The summed E-state index contributed by atoms with van der Waals surface area (Å²) in [6.45, 7) is 1.95. The first-order chi connectivity index (χ1) is 7.72. The monoisotopic (exact) mass is 282 g/mol. The van der Waals surface area contributed by atoms with E-state index in [9.17, 15) is 0 Å². The third-order valence-electron chi connectivity index (χ3n) is 2.21. The van der Waals surface area contributed by atoms with Gasteiger partial charge in [0.05, 0.1) is 6.04 Å². The van der Waals surface area contributed by atoms with Crippen molar-refractivity contribution in [2.75, 3.05) is 7.05 Å². The van der Waals surface area contributed by atoms with Gasteiger partial charge in [0.25, 0.3) is 5.89 Å². The van der Waals surface area contributed by atoms with Gasteiger partial charge in [-0.25, -0.2) is 4.98 Å². The third-order valence-corrected chi connectivity index (χ3v) is 2.85. The minimum atomic E-state index is 0.0312. The molecule has 1 unspecified atom stereocenters. The van der Waals surface area contributed by atoms with Crippen LogP contribution in [0.15, 0.2) is 27.2 Å². The minimum Gasteiger partial charge on any atom is -0.418 e. The molecule has 2 aromatic heterocycles. The van der Waals surface area contributed by atoms with Gasteiger partial charge in [0, 0.05) is 10.7 Å². The molecule has 0 aliphatic heterocycles. The van der Waals surface area contributed by atoms with E-state index in [0.717, 1.165) is 4.47 Å². The van der Waals surface area contributed by atoms with Gasteiger partial charge in [-0.2, -0.15) is 0 Å². The van der Waals surface area contributed by atoms with Crippen LogP contribution in [-0.2, 0) is 0 Å². The average molecular weight is 283 g/mol. The first-order valence-corrected chi connectivity index (χ1v) is 5.63. The number of rotatable bonds is 3. The first-order valence-electron chi connectivity index (χ1n) is 4.84. The summed E-state index contributed by atoms with van der Waals surface area (Å²) >= 11 is 3.39. The SMILES string of the molecule is CNC(C)c1nnc(-c2ncccc2Br)o1. The van der Waals surface area contributed by atoms with Crippen LogP contribution in [0, 0.1) is 0 Å². The van der Waals surface area contributed by atoms with Crippen LogP contribution in [0.3, 0.4) is 0 Å². The highest BCUT2D eigenvalue weighted by Gasteiger charge is 2.15. The van der Waals surface area contributed by atoms with E-state index in [4.69, 9.17) is 4.42 Å². The average Bonchev–Trinajstić information content (AvgIpc) is 2.78. The molecule has 16 heavy (non-hydrogen) atoms. The van der Waals surface area contributed by atoms with Crippen LogP contribution in [0.25, 0.3) is 11.6 Å². The van der Waals surface area contributed by atoms with E-state index in [0.29, 0.717) is 17.5 Å². The highest BCUT2D eigenvalue weighted by atomic mass is 79.9. The van der Waals surface area contributed by atoms with Crippen LogP contribution in [0.1, 0.15) is 18.9 Å². The number of hydrogen-bond donors (Lipinski definition) is 1. The van der Waals surface area contributed by atoms with Crippen LogP contribution in [0.5, 0.6) is 0 Å². The Balaban J connectivity index is 2.35. The Hall–Kier alpha value is -1.27. The van der Waals surface area contributed by atoms with Crippen LogP contribution < -0.4 is 5.32 Å². The maximum Gasteiger partial charge on any atom is 0.267 e. The standard InChI is InChI=1S/C10H11BrN4O/c1-6(12-2)9-14-15-10(16-9)8-7(11)4-3-5-13-8/h3-6,12H,1-2H3. The van der Waals surface area contributed by atoms with Gasteiger partial charge in [-0.05, 0) is 42.0 Å². The molecule has 1 atom stereocenters. The fourth-order valence-corrected chi connectivity index (χ4v) is 1.60. The maximum atomic E-state index is 5.53. The Morgan fingerprint density at radius 2 is 2.25 bits per heavy atom. The third kappa shape index (κ3) is 2.12. The van der Waals surface area contributed by atoms with E-state index in [2.05, 4.69) is 36.4 Å². The van der Waals surface area contributed by atoms with Gasteiger partial charge in [-0.3, -0.25) is 0 Å². The van der Waals surface area contributed by atoms with Crippen LogP contribution in [-0.4, -0.2) is 22.2 Å². The Morgan fingerprint density at radius 3 is 2.94 bits per heavy atom. The Morgan fingerprint density at radius 1 is 1.44 bits per heavy atom. The summed E-state index contributed by atoms with van der Waals surface area (Å²) in [6.07, 6.45) is 1.69. The number of hydrogen-bond acceptors (Lipinski definition) is 5. The zero-order chi connectivity index (χ0) is 11.5. The van der Waals surface area contributed by atoms with Gasteiger partial charge < -0.3 is 9.73 Å². The Labute approximate surface area is 101 Å². The summed E-state index contributed by atoms with van der Waals surface area (Å²) in [4.78, 5) is 4.18. The quantitative estimate of drug-likeness (QED) is 0.935. The van der Waals surface area contributed by atoms with Gasteiger partial charge in [-0.1, -0.05) is 0 Å². The van der Waals surface area contributed by atoms with Crippen molar-refractivity contribution in [3.63, 3.8) is 0 Å². The molecular weight excluding hydrogens is 272 g/mol. The second-order valence-corrected chi connectivity index (χ2v) is 4.14. The number of aromatic nitrogens is 3. The maximum absolute atomic E-state index is 5.53. The molecule has 0 bridgehead atoms. The molecule has 6 heteroatoms. The molecule has 5 nitrogen and oxygen atoms in total. The number of nitrogens with zero attached hydrogens (tertiary/aromatic N) is 3. The van der Waals surface area contributed by atoms with Gasteiger partial charge in [0.1, 0.15) is 5.69 Å². The molecule has 2 aromatic rings. The molecule has 0 aliphatic carbocycles. The number of halogens is 1. The van der Waals surface area contributed by atoms with E-state index in [-0.39, 0.29) is 6.04 Å². The molecule has 0 fully saturated rings. The van der Waals surface area contributed by atoms with Crippen molar-refractivity contribution in [3.05, 3.63) is 28.7 Å². The zero-order valence-corrected chi connectivity index (χ0v) is 10.5. The molecule has 0 spiro atoms. The van der Waals surface area contributed by atoms with Crippen molar-refractivity contribution in [3.8, 4) is 11.6 Å². The molecule has 0 aliphatic rings. The van der Waals surface area contributed by atoms with Gasteiger partial charge in [0.15, 0.2) is 0 Å². The zero-order valence-electron chi connectivity index (χ0n) is 8.94. The molecule has 0 saturated carbocycles. The van der Waals surface area contributed by atoms with E-state index in [1.807, 2.05) is 26.1 Å². The second kappa shape index (κ2) is 4.71. The second-order valence-electron chi connectivity index (χ2n) is 3.29. The summed E-state index contributed by atoms with van der Waals surface area (Å²) in [5.41, 5.74) is 0.657. The van der Waals surface area contributed by atoms with Crippen molar-refractivity contribution >= 4 is 15.9 Å². The molecule has 0 radical (unpaired) electrons. The summed E-state index contributed by atoms with van der Waals surface area (Å²) < 4.78 is 6.36. The molecule has 0 aromatic carbocycles. The van der Waals surface area contributed by atoms with E-state index < -0.39 is 0 Å². The van der Waals surface area contributed by atoms with Gasteiger partial charge in [0.2, 0.25) is 5.89 Å². The summed E-state index contributed by atoms with van der Waals surface area (Å²) in [6, 6.07) is 3.75. The summed E-state index contributed by atoms with van der Waals surface area (Å²) in [5, 5.41) is 11.0. The lowest BCUT2D eigenvalue weighted by atomic mass is 10.3. The van der Waals surface area contributed by atoms with Crippen molar-refractivity contribution in [2.24, 2.45) is 0 Å². The van der Waals surface area contributed by atoms with Crippen molar-refractivity contribution in [2.45, 2.75) is 13.0 Å². The van der Waals surface area contributed by atoms with Crippen LogP contribution in [0.2, 0.25) is 0 Å². The first kappa shape index (κ1) is 11.2. The largest absolute Gasteiger partial charge is 0.418 e. The highest BCUT2D eigenvalue weighted by Crippen LogP contribution is 2.25. The Kier molecular flexibility index (Phi) is 3.31. The number of pyridine rings is 1. The topological polar surface area (TPSA) is 63.8 Å². The molecule has 0 saturated heterocycles. The minimum absolute atomic E-state index is 0.0312. The molecule has 84 valence electrons. The molecule has 0 amide bonds. The van der Waals surface area contributed by atoms with Crippen molar-refractivity contribution in [1.82, 2.24) is 20.5 Å². The molecule has 2 heterocycles. The van der Waals surface area contributed by atoms with Gasteiger partial charge in [-0.15, -0.1) is 10.2 Å². The molecular formula is C10H11BrN4O. The van der Waals surface area contributed by atoms with Crippen molar-refractivity contribution in [1.29, 1.82) is 0 Å². The lowest BCUT2D eigenvalue weighted by Gasteiger charge is -2.02. The Bertz CT molecular complexity index is 485. The lowest BCUT2D eigenvalue weighted by Crippen LogP contribution is -2.12. The smallest absolute Gasteiger partial charge is 0.267 e. The summed E-state index contributed by atoms with van der Waals surface area (Å²) in [5.74, 6) is 0.972. The predicted octanol–water partition coefficient (Wildman–Crippen LogP) is 2.17. The number of nitrogens with one attached hydrogen (secondary N) is 1. The van der Waals surface area contributed by atoms with E-state index in [1.165, 1.54) is 0 Å². The normalized spacial score (nSPS) is 12.7. The molecule has 2 rings (SSSR count). The predicted molar refractivity (Wildman–Crippen MR) is 62.7 cm³/mol.